The van der Waals surface area contributed by atoms with Gasteiger partial charge in [-0.3, -0.25) is 0 Å². The molecule has 2 bridgehead atoms. The lowest BCUT2D eigenvalue weighted by Crippen LogP contribution is -2.06. The van der Waals surface area contributed by atoms with Crippen molar-refractivity contribution in [3.63, 3.8) is 0 Å². The number of hydrogen-bond donors (Lipinski definition) is 1. The van der Waals surface area contributed by atoms with Gasteiger partial charge in [-0.05, 0) is 83.0 Å². The monoisotopic (exact) mass is 426 g/mol. The summed E-state index contributed by atoms with van der Waals surface area (Å²) in [5.74, 6) is 0.829. The zero-order valence-electron chi connectivity index (χ0n) is 20.5. The zero-order chi connectivity index (χ0) is 22.8. The van der Waals surface area contributed by atoms with E-state index in [9.17, 15) is 5.11 Å². The molecule has 1 N–H and O–H groups in total. The van der Waals surface area contributed by atoms with Gasteiger partial charge in [0.05, 0.1) is 0 Å². The number of aryl methyl sites for hydroxylation is 4. The van der Waals surface area contributed by atoms with Crippen LogP contribution in [0.25, 0.3) is 22.3 Å². The Bertz CT molecular complexity index is 1120. The van der Waals surface area contributed by atoms with E-state index in [0.717, 1.165) is 56.1 Å². The highest BCUT2D eigenvalue weighted by Crippen LogP contribution is 2.47. The van der Waals surface area contributed by atoms with Crippen molar-refractivity contribution in [2.75, 3.05) is 0 Å². The lowest BCUT2D eigenvalue weighted by molar-refractivity contribution is 0.479. The van der Waals surface area contributed by atoms with E-state index in [1.165, 1.54) is 44.5 Å². The fraction of sp³-hybridized carbons (Fsp3) is 0.419. The van der Waals surface area contributed by atoms with Crippen molar-refractivity contribution in [3.05, 3.63) is 75.8 Å². The van der Waals surface area contributed by atoms with E-state index >= 15 is 0 Å². The Balaban J connectivity index is 2.04. The highest BCUT2D eigenvalue weighted by atomic mass is 16.3. The standard InChI is InChI=1S/C31H38O/c1-6-10-22-15-21(5)29-26-13-9-14-27(31(26)32)30-24(12-8-3)17-23(11-7-2)18-25(30)16-20(4)28(29)19-22/h9,13-15,17-20,32H,6-8,10-12,16H2,1-5H3/t20-/m0/s1. The van der Waals surface area contributed by atoms with E-state index in [1.807, 2.05) is 0 Å². The summed E-state index contributed by atoms with van der Waals surface area (Å²) in [6.45, 7) is 11.3. The van der Waals surface area contributed by atoms with Gasteiger partial charge in [0.2, 0.25) is 0 Å². The first-order chi connectivity index (χ1) is 15.5. The van der Waals surface area contributed by atoms with Crippen molar-refractivity contribution in [1.29, 1.82) is 0 Å². The molecule has 0 saturated carbocycles. The van der Waals surface area contributed by atoms with Crippen molar-refractivity contribution < 1.29 is 5.11 Å². The molecule has 0 amide bonds. The highest BCUT2D eigenvalue weighted by Gasteiger charge is 2.25. The Kier molecular flexibility index (Phi) is 6.74. The molecule has 1 atom stereocenters. The second-order valence-corrected chi connectivity index (χ2v) is 9.72. The van der Waals surface area contributed by atoms with E-state index in [0.29, 0.717) is 11.7 Å². The Morgan fingerprint density at radius 3 is 2.09 bits per heavy atom. The molecular weight excluding hydrogens is 388 g/mol. The topological polar surface area (TPSA) is 20.2 Å². The number of benzene rings is 3. The minimum Gasteiger partial charge on any atom is -0.507 e. The molecule has 0 saturated heterocycles. The average molecular weight is 427 g/mol. The molecule has 0 fully saturated rings. The number of phenols is 1. The van der Waals surface area contributed by atoms with Crippen molar-refractivity contribution in [2.45, 2.75) is 85.5 Å². The van der Waals surface area contributed by atoms with Crippen molar-refractivity contribution in [1.82, 2.24) is 0 Å². The van der Waals surface area contributed by atoms with E-state index in [4.69, 9.17) is 0 Å². The summed E-state index contributed by atoms with van der Waals surface area (Å²) in [6, 6.07) is 15.9. The van der Waals surface area contributed by atoms with Crippen LogP contribution in [-0.4, -0.2) is 5.11 Å². The normalized spacial score (nSPS) is 14.8. The summed E-state index contributed by atoms with van der Waals surface area (Å²) in [6.07, 6.45) is 7.68. The Morgan fingerprint density at radius 1 is 0.812 bits per heavy atom. The molecule has 168 valence electrons. The molecule has 3 aromatic rings. The van der Waals surface area contributed by atoms with E-state index in [-0.39, 0.29) is 0 Å². The predicted octanol–water partition coefficient (Wildman–Crippen LogP) is 8.55. The van der Waals surface area contributed by atoms with Crippen LogP contribution in [0.2, 0.25) is 0 Å². The maximum atomic E-state index is 11.6. The Hall–Kier alpha value is -2.54. The molecule has 0 aromatic heterocycles. The van der Waals surface area contributed by atoms with Crippen LogP contribution in [-0.2, 0) is 25.7 Å². The average Bonchev–Trinajstić information content (AvgIpc) is 2.76. The lowest BCUT2D eigenvalue weighted by Gasteiger charge is -2.21. The Labute approximate surface area is 194 Å². The second-order valence-electron chi connectivity index (χ2n) is 9.72. The first kappa shape index (κ1) is 22.6. The molecule has 1 heteroatoms. The number of para-hydroxylation sites is 1. The molecule has 1 nitrogen and oxygen atoms in total. The molecule has 3 aromatic carbocycles. The number of hydrogen-bond acceptors (Lipinski definition) is 1. The second kappa shape index (κ2) is 9.53. The molecule has 0 heterocycles. The van der Waals surface area contributed by atoms with Gasteiger partial charge in [0, 0.05) is 11.1 Å². The summed E-state index contributed by atoms with van der Waals surface area (Å²) in [4.78, 5) is 0. The van der Waals surface area contributed by atoms with Crippen LogP contribution in [0, 0.1) is 6.92 Å². The third-order valence-corrected chi connectivity index (χ3v) is 7.02. The minimum absolute atomic E-state index is 0.388. The summed E-state index contributed by atoms with van der Waals surface area (Å²) in [5, 5.41) is 11.6. The maximum absolute atomic E-state index is 11.6. The molecular formula is C31H38O. The first-order valence-corrected chi connectivity index (χ1v) is 12.6. The van der Waals surface area contributed by atoms with Crippen molar-refractivity contribution >= 4 is 0 Å². The fourth-order valence-corrected chi connectivity index (χ4v) is 5.71. The highest BCUT2D eigenvalue weighted by molar-refractivity contribution is 5.88. The lowest BCUT2D eigenvalue weighted by atomic mass is 9.83. The number of phenolic OH excluding ortho intramolecular Hbond substituents is 1. The molecule has 32 heavy (non-hydrogen) atoms. The largest absolute Gasteiger partial charge is 0.507 e. The quantitative estimate of drug-likeness (QED) is 0.418. The summed E-state index contributed by atoms with van der Waals surface area (Å²) in [7, 11) is 0. The van der Waals surface area contributed by atoms with Crippen LogP contribution in [0.3, 0.4) is 0 Å². The third kappa shape index (κ3) is 4.10. The molecule has 0 radical (unpaired) electrons. The van der Waals surface area contributed by atoms with Gasteiger partial charge in [-0.15, -0.1) is 0 Å². The number of aromatic hydroxyl groups is 1. The van der Waals surface area contributed by atoms with Crippen LogP contribution < -0.4 is 0 Å². The van der Waals surface area contributed by atoms with Gasteiger partial charge in [-0.1, -0.05) is 89.4 Å². The van der Waals surface area contributed by atoms with Gasteiger partial charge >= 0.3 is 0 Å². The van der Waals surface area contributed by atoms with E-state index in [2.05, 4.69) is 77.1 Å². The fourth-order valence-electron chi connectivity index (χ4n) is 5.71. The van der Waals surface area contributed by atoms with Crippen molar-refractivity contribution in [2.24, 2.45) is 0 Å². The van der Waals surface area contributed by atoms with Crippen LogP contribution in [0.15, 0.2) is 42.5 Å². The smallest absolute Gasteiger partial charge is 0.131 e. The van der Waals surface area contributed by atoms with E-state index in [1.54, 1.807) is 0 Å². The van der Waals surface area contributed by atoms with Gasteiger partial charge in [-0.25, -0.2) is 0 Å². The van der Waals surface area contributed by atoms with Crippen LogP contribution in [0.5, 0.6) is 5.75 Å². The third-order valence-electron chi connectivity index (χ3n) is 7.02. The summed E-state index contributed by atoms with van der Waals surface area (Å²) < 4.78 is 0. The number of rotatable bonds is 6. The molecule has 1 aliphatic rings. The molecule has 0 aliphatic heterocycles. The van der Waals surface area contributed by atoms with E-state index < -0.39 is 0 Å². The van der Waals surface area contributed by atoms with Crippen molar-refractivity contribution in [3.8, 4) is 28.0 Å². The SMILES string of the molecule is CCCc1cc(CCC)c2c(c1)C[C@H](C)c1cc(CCC)cc(C)c1-c1cccc-2c1O. The number of fused-ring (bicyclic) bond motifs is 6. The van der Waals surface area contributed by atoms with Gasteiger partial charge in [0.15, 0.2) is 0 Å². The molecule has 1 aliphatic carbocycles. The Morgan fingerprint density at radius 2 is 1.44 bits per heavy atom. The van der Waals surface area contributed by atoms with Crippen LogP contribution in [0.4, 0.5) is 0 Å². The van der Waals surface area contributed by atoms with Gasteiger partial charge in [-0.2, -0.15) is 0 Å². The van der Waals surface area contributed by atoms with Crippen LogP contribution >= 0.6 is 0 Å². The van der Waals surface area contributed by atoms with Crippen LogP contribution in [0.1, 0.15) is 86.3 Å². The molecule has 0 spiro atoms. The molecule has 4 rings (SSSR count). The summed E-state index contributed by atoms with van der Waals surface area (Å²) >= 11 is 0. The zero-order valence-corrected chi connectivity index (χ0v) is 20.5. The predicted molar refractivity (Wildman–Crippen MR) is 138 cm³/mol. The minimum atomic E-state index is 0.388. The molecule has 0 unspecified atom stereocenters. The van der Waals surface area contributed by atoms with Gasteiger partial charge < -0.3 is 5.11 Å². The maximum Gasteiger partial charge on any atom is 0.131 e. The first-order valence-electron chi connectivity index (χ1n) is 12.6. The summed E-state index contributed by atoms with van der Waals surface area (Å²) in [5.41, 5.74) is 12.8. The van der Waals surface area contributed by atoms with Gasteiger partial charge in [0.1, 0.15) is 5.75 Å². The van der Waals surface area contributed by atoms with Gasteiger partial charge in [0.25, 0.3) is 0 Å².